The molecule has 1 saturated carbocycles. The lowest BCUT2D eigenvalue weighted by atomic mass is 9.95. The van der Waals surface area contributed by atoms with Crippen molar-refractivity contribution in [1.29, 1.82) is 0 Å². The maximum Gasteiger partial charge on any atom is 0.408 e. The molecule has 0 radical (unpaired) electrons. The number of nitrogens with one attached hydrogen (secondary N) is 1. The van der Waals surface area contributed by atoms with Crippen LogP contribution in [-0.4, -0.2) is 31.3 Å². The number of rotatable bonds is 4. The molecule has 0 aliphatic heterocycles. The monoisotopic (exact) mass is 491 g/mol. The Balaban J connectivity index is 1.41. The normalized spacial score (nSPS) is 14.6. The summed E-state index contributed by atoms with van der Waals surface area (Å²) >= 11 is 0. The summed E-state index contributed by atoms with van der Waals surface area (Å²) in [7, 11) is 0. The van der Waals surface area contributed by atoms with Crippen LogP contribution in [0.1, 0.15) is 45.0 Å². The van der Waals surface area contributed by atoms with Gasteiger partial charge in [0, 0.05) is 22.7 Å². The summed E-state index contributed by atoms with van der Waals surface area (Å²) in [6.45, 7) is 7.56. The molecular formula is C30H29N5O2. The lowest BCUT2D eigenvalue weighted by Gasteiger charge is -2.24. The van der Waals surface area contributed by atoms with E-state index >= 15 is 0 Å². The Morgan fingerprint density at radius 3 is 2.38 bits per heavy atom. The Bertz CT molecular complexity index is 1630. The van der Waals surface area contributed by atoms with Crippen LogP contribution in [-0.2, 0) is 10.3 Å². The van der Waals surface area contributed by atoms with Crippen LogP contribution in [0, 0.1) is 6.92 Å². The molecule has 186 valence electrons. The molecule has 7 nitrogen and oxygen atoms in total. The molecule has 6 rings (SSSR count). The van der Waals surface area contributed by atoms with Gasteiger partial charge < -0.3 is 10.1 Å². The zero-order valence-corrected chi connectivity index (χ0v) is 21.4. The van der Waals surface area contributed by atoms with E-state index in [1.807, 2.05) is 62.6 Å². The van der Waals surface area contributed by atoms with Gasteiger partial charge in [-0.05, 0) is 63.8 Å². The summed E-state index contributed by atoms with van der Waals surface area (Å²) < 4.78 is 7.48. The molecule has 1 aliphatic rings. The molecule has 1 aliphatic carbocycles. The van der Waals surface area contributed by atoms with Crippen molar-refractivity contribution >= 4 is 22.6 Å². The molecule has 7 heteroatoms. The zero-order chi connectivity index (χ0) is 25.8. The second-order valence-electron chi connectivity index (χ2n) is 10.7. The molecule has 1 N–H and O–H groups in total. The molecule has 37 heavy (non-hydrogen) atoms. The molecular weight excluding hydrogens is 462 g/mol. The number of hydrogen-bond acceptors (Lipinski definition) is 5. The summed E-state index contributed by atoms with van der Waals surface area (Å²) in [6, 6.07) is 22.8. The molecule has 3 aromatic heterocycles. The van der Waals surface area contributed by atoms with Crippen molar-refractivity contribution in [3.05, 3.63) is 84.3 Å². The standard InChI is InChI=1S/C30H29N5O2/c1-19-33-34-27-24-18-23(20-8-6-5-7-9-20)26(31-25(24)14-17-35(19)27)21-10-12-22(13-11-21)30(15-16-30)32-28(36)37-29(2,3)4/h5-14,17-18H,15-16H2,1-4H3,(H,32,36). The number of benzene rings is 2. The fourth-order valence-corrected chi connectivity index (χ4v) is 4.83. The second-order valence-corrected chi connectivity index (χ2v) is 10.7. The summed E-state index contributed by atoms with van der Waals surface area (Å²) in [5, 5.41) is 12.7. The highest BCUT2D eigenvalue weighted by molar-refractivity contribution is 5.98. The van der Waals surface area contributed by atoms with Crippen LogP contribution in [0.15, 0.2) is 72.9 Å². The quantitative estimate of drug-likeness (QED) is 0.313. The van der Waals surface area contributed by atoms with Crippen LogP contribution >= 0.6 is 0 Å². The predicted molar refractivity (Wildman–Crippen MR) is 144 cm³/mol. The molecule has 0 atom stereocenters. The number of carbonyl (C=O) groups excluding carboxylic acids is 1. The first-order valence-corrected chi connectivity index (χ1v) is 12.6. The van der Waals surface area contributed by atoms with Gasteiger partial charge in [-0.15, -0.1) is 10.2 Å². The zero-order valence-electron chi connectivity index (χ0n) is 21.4. The topological polar surface area (TPSA) is 81.4 Å². The van der Waals surface area contributed by atoms with Gasteiger partial charge in [0.15, 0.2) is 5.65 Å². The lowest BCUT2D eigenvalue weighted by molar-refractivity contribution is 0.0495. The highest BCUT2D eigenvalue weighted by Gasteiger charge is 2.46. The molecule has 1 fully saturated rings. The molecule has 2 aromatic carbocycles. The van der Waals surface area contributed by atoms with Gasteiger partial charge in [-0.25, -0.2) is 9.78 Å². The van der Waals surface area contributed by atoms with Crippen molar-refractivity contribution in [2.45, 2.75) is 51.7 Å². The Hall–Kier alpha value is -4.26. The number of alkyl carbamates (subject to hydrolysis) is 1. The first-order valence-electron chi connectivity index (χ1n) is 12.6. The molecule has 0 saturated heterocycles. The number of aryl methyl sites for hydroxylation is 1. The fourth-order valence-electron chi connectivity index (χ4n) is 4.83. The maximum atomic E-state index is 12.4. The van der Waals surface area contributed by atoms with Gasteiger partial charge in [0.25, 0.3) is 0 Å². The van der Waals surface area contributed by atoms with Crippen LogP contribution in [0.2, 0.25) is 0 Å². The van der Waals surface area contributed by atoms with E-state index in [-0.39, 0.29) is 11.6 Å². The molecule has 3 heterocycles. The van der Waals surface area contributed by atoms with Gasteiger partial charge in [0.2, 0.25) is 0 Å². The SMILES string of the molecule is Cc1nnc2c3cc(-c4ccccc4)c(-c4ccc(C5(NC(=O)OC(C)(C)C)CC5)cc4)nc3ccn12. The Morgan fingerprint density at radius 1 is 0.973 bits per heavy atom. The number of fused-ring (bicyclic) bond motifs is 3. The van der Waals surface area contributed by atoms with Gasteiger partial charge in [-0.3, -0.25) is 4.40 Å². The summed E-state index contributed by atoms with van der Waals surface area (Å²) in [5.74, 6) is 0.840. The smallest absolute Gasteiger partial charge is 0.408 e. The number of aromatic nitrogens is 4. The van der Waals surface area contributed by atoms with Gasteiger partial charge in [-0.2, -0.15) is 0 Å². The average molecular weight is 492 g/mol. The van der Waals surface area contributed by atoms with Crippen LogP contribution in [0.3, 0.4) is 0 Å². The number of hydrogen-bond donors (Lipinski definition) is 1. The molecule has 0 bridgehead atoms. The van der Waals surface area contributed by atoms with Gasteiger partial charge in [0.05, 0.1) is 16.7 Å². The summed E-state index contributed by atoms with van der Waals surface area (Å²) in [5.41, 5.74) is 5.86. The fraction of sp³-hybridized carbons (Fsp3) is 0.267. The van der Waals surface area contributed by atoms with Crippen LogP contribution in [0.25, 0.3) is 38.9 Å². The lowest BCUT2D eigenvalue weighted by Crippen LogP contribution is -2.39. The van der Waals surface area contributed by atoms with Crippen LogP contribution < -0.4 is 5.32 Å². The highest BCUT2D eigenvalue weighted by Crippen LogP contribution is 2.46. The number of amides is 1. The number of pyridine rings is 2. The Kier molecular flexibility index (Phi) is 5.26. The van der Waals surface area contributed by atoms with Crippen molar-refractivity contribution < 1.29 is 9.53 Å². The van der Waals surface area contributed by atoms with E-state index in [0.717, 1.165) is 63.2 Å². The van der Waals surface area contributed by atoms with Crippen molar-refractivity contribution in [3.63, 3.8) is 0 Å². The van der Waals surface area contributed by atoms with Crippen LogP contribution in [0.5, 0.6) is 0 Å². The second kappa shape index (κ2) is 8.40. The van der Waals surface area contributed by atoms with E-state index in [0.29, 0.717) is 0 Å². The van der Waals surface area contributed by atoms with Gasteiger partial charge in [-0.1, -0.05) is 54.6 Å². The average Bonchev–Trinajstić information content (AvgIpc) is 3.55. The minimum atomic E-state index is -0.531. The first kappa shape index (κ1) is 23.2. The van der Waals surface area contributed by atoms with E-state index in [1.54, 1.807) is 0 Å². The predicted octanol–water partition coefficient (Wildman–Crippen LogP) is 6.43. The largest absolute Gasteiger partial charge is 0.444 e. The van der Waals surface area contributed by atoms with E-state index in [9.17, 15) is 4.79 Å². The van der Waals surface area contributed by atoms with Crippen LogP contribution in [0.4, 0.5) is 4.79 Å². The highest BCUT2D eigenvalue weighted by atomic mass is 16.6. The van der Waals surface area contributed by atoms with E-state index in [1.165, 1.54) is 0 Å². The molecule has 1 amide bonds. The third-order valence-corrected chi connectivity index (χ3v) is 6.83. The van der Waals surface area contributed by atoms with Gasteiger partial charge >= 0.3 is 6.09 Å². The number of ether oxygens (including phenoxy) is 1. The molecule has 5 aromatic rings. The number of carbonyl (C=O) groups is 1. The third kappa shape index (κ3) is 4.31. The van der Waals surface area contributed by atoms with Crippen molar-refractivity contribution in [2.24, 2.45) is 0 Å². The molecule has 0 spiro atoms. The van der Waals surface area contributed by atoms with E-state index < -0.39 is 5.60 Å². The van der Waals surface area contributed by atoms with E-state index in [2.05, 4.69) is 58.0 Å². The van der Waals surface area contributed by atoms with Crippen molar-refractivity contribution in [1.82, 2.24) is 24.9 Å². The Labute approximate surface area is 215 Å². The van der Waals surface area contributed by atoms with Crippen molar-refractivity contribution in [2.75, 3.05) is 0 Å². The van der Waals surface area contributed by atoms with Crippen molar-refractivity contribution in [3.8, 4) is 22.4 Å². The minimum Gasteiger partial charge on any atom is -0.444 e. The maximum absolute atomic E-state index is 12.4. The third-order valence-electron chi connectivity index (χ3n) is 6.83. The Morgan fingerprint density at radius 2 is 1.70 bits per heavy atom. The summed E-state index contributed by atoms with van der Waals surface area (Å²) in [4.78, 5) is 17.5. The van der Waals surface area contributed by atoms with E-state index in [4.69, 9.17) is 9.72 Å². The minimum absolute atomic E-state index is 0.364. The number of nitrogens with zero attached hydrogens (tertiary/aromatic N) is 4. The van der Waals surface area contributed by atoms with Gasteiger partial charge in [0.1, 0.15) is 11.4 Å². The first-order chi connectivity index (χ1) is 17.7. The molecule has 0 unspecified atom stereocenters. The summed E-state index contributed by atoms with van der Waals surface area (Å²) in [6.07, 6.45) is 3.37.